The lowest BCUT2D eigenvalue weighted by molar-refractivity contribution is -0.136. The van der Waals surface area contributed by atoms with Crippen LogP contribution in [-0.4, -0.2) is 20.9 Å². The Morgan fingerprint density at radius 1 is 1.50 bits per heavy atom. The molecule has 0 bridgehead atoms. The van der Waals surface area contributed by atoms with Crippen molar-refractivity contribution in [2.24, 2.45) is 7.05 Å². The number of carboxylic acids is 1. The zero-order valence-corrected chi connectivity index (χ0v) is 9.40. The summed E-state index contributed by atoms with van der Waals surface area (Å²) in [5.41, 5.74) is 3.10. The van der Waals surface area contributed by atoms with Crippen LogP contribution in [0.4, 0.5) is 0 Å². The Hall–Kier alpha value is -1.84. The summed E-state index contributed by atoms with van der Waals surface area (Å²) >= 11 is 0. The van der Waals surface area contributed by atoms with Gasteiger partial charge in [-0.3, -0.25) is 9.48 Å². The van der Waals surface area contributed by atoms with Crippen molar-refractivity contribution in [3.63, 3.8) is 0 Å². The summed E-state index contributed by atoms with van der Waals surface area (Å²) in [6.45, 7) is 2.03. The number of carboxylic acid groups (broad SMARTS) is 1. The fourth-order valence-corrected chi connectivity index (χ4v) is 1.85. The second-order valence-electron chi connectivity index (χ2n) is 3.98. The molecule has 1 aromatic heterocycles. The zero-order chi connectivity index (χ0) is 11.7. The molecule has 84 valence electrons. The molecule has 0 aliphatic rings. The molecule has 0 saturated carbocycles. The molecule has 0 radical (unpaired) electrons. The van der Waals surface area contributed by atoms with Crippen LogP contribution in [0, 0.1) is 6.92 Å². The Bertz CT molecular complexity index is 543. The number of carbonyl (C=O) groups is 1. The van der Waals surface area contributed by atoms with E-state index in [1.165, 1.54) is 5.56 Å². The van der Waals surface area contributed by atoms with E-state index in [4.69, 9.17) is 5.11 Å². The topological polar surface area (TPSA) is 55.1 Å². The maximum absolute atomic E-state index is 10.5. The first-order valence-corrected chi connectivity index (χ1v) is 5.22. The van der Waals surface area contributed by atoms with Gasteiger partial charge in [0.25, 0.3) is 0 Å². The van der Waals surface area contributed by atoms with E-state index in [0.717, 1.165) is 16.6 Å². The minimum absolute atomic E-state index is 0.125. The molecule has 0 unspecified atom stereocenters. The molecule has 1 aromatic carbocycles. The lowest BCUT2D eigenvalue weighted by atomic mass is 10.1. The summed E-state index contributed by atoms with van der Waals surface area (Å²) in [7, 11) is 1.88. The van der Waals surface area contributed by atoms with Gasteiger partial charge in [-0.05, 0) is 18.6 Å². The molecular weight excluding hydrogens is 204 g/mol. The number of benzene rings is 1. The molecule has 0 amide bonds. The first-order chi connectivity index (χ1) is 7.58. The standard InChI is InChI=1S/C12H14N2O2/c1-8-3-4-9-10(5-6-12(15)16)13-14(2)11(9)7-8/h3-4,7H,5-6H2,1-2H3,(H,15,16). The first kappa shape index (κ1) is 10.7. The smallest absolute Gasteiger partial charge is 0.303 e. The third-order valence-corrected chi connectivity index (χ3v) is 2.66. The van der Waals surface area contributed by atoms with Crippen molar-refractivity contribution in [2.45, 2.75) is 19.8 Å². The highest BCUT2D eigenvalue weighted by molar-refractivity contribution is 5.83. The van der Waals surface area contributed by atoms with Crippen molar-refractivity contribution < 1.29 is 9.90 Å². The van der Waals surface area contributed by atoms with Crippen LogP contribution in [0.2, 0.25) is 0 Å². The van der Waals surface area contributed by atoms with E-state index in [2.05, 4.69) is 11.2 Å². The minimum Gasteiger partial charge on any atom is -0.481 e. The lowest BCUT2D eigenvalue weighted by Gasteiger charge is -1.96. The lowest BCUT2D eigenvalue weighted by Crippen LogP contribution is -1.99. The predicted octanol–water partition coefficient (Wildman–Crippen LogP) is 1.90. The number of hydrogen-bond acceptors (Lipinski definition) is 2. The second-order valence-corrected chi connectivity index (χ2v) is 3.98. The van der Waals surface area contributed by atoms with Gasteiger partial charge < -0.3 is 5.11 Å². The van der Waals surface area contributed by atoms with Gasteiger partial charge in [-0.2, -0.15) is 5.10 Å². The molecule has 0 fully saturated rings. The molecular formula is C12H14N2O2. The van der Waals surface area contributed by atoms with Crippen LogP contribution in [0.5, 0.6) is 0 Å². The van der Waals surface area contributed by atoms with Crippen LogP contribution < -0.4 is 0 Å². The number of nitrogens with zero attached hydrogens (tertiary/aromatic N) is 2. The van der Waals surface area contributed by atoms with Crippen LogP contribution in [0.25, 0.3) is 10.9 Å². The van der Waals surface area contributed by atoms with E-state index in [9.17, 15) is 4.79 Å². The molecule has 0 atom stereocenters. The first-order valence-electron chi connectivity index (χ1n) is 5.22. The van der Waals surface area contributed by atoms with E-state index in [-0.39, 0.29) is 6.42 Å². The van der Waals surface area contributed by atoms with Crippen LogP contribution >= 0.6 is 0 Å². The van der Waals surface area contributed by atoms with Gasteiger partial charge in [0.05, 0.1) is 17.6 Å². The molecule has 0 aliphatic heterocycles. The van der Waals surface area contributed by atoms with Gasteiger partial charge in [0, 0.05) is 18.9 Å². The average Bonchev–Trinajstić information content (AvgIpc) is 2.53. The second kappa shape index (κ2) is 3.96. The van der Waals surface area contributed by atoms with E-state index < -0.39 is 5.97 Å². The number of aryl methyl sites for hydroxylation is 3. The number of hydrogen-bond donors (Lipinski definition) is 1. The van der Waals surface area contributed by atoms with Crippen molar-refractivity contribution >= 4 is 16.9 Å². The summed E-state index contributed by atoms with van der Waals surface area (Å²) in [4.78, 5) is 10.5. The van der Waals surface area contributed by atoms with Gasteiger partial charge in [-0.25, -0.2) is 0 Å². The summed E-state index contributed by atoms with van der Waals surface area (Å²) in [5.74, 6) is -0.786. The number of rotatable bonds is 3. The van der Waals surface area contributed by atoms with Crippen LogP contribution in [0.1, 0.15) is 17.7 Å². The Labute approximate surface area is 93.5 Å². The quantitative estimate of drug-likeness (QED) is 0.856. The van der Waals surface area contributed by atoms with Gasteiger partial charge in [-0.15, -0.1) is 0 Å². The summed E-state index contributed by atoms with van der Waals surface area (Å²) in [6.07, 6.45) is 0.607. The van der Waals surface area contributed by atoms with E-state index in [1.54, 1.807) is 4.68 Å². The minimum atomic E-state index is -0.786. The van der Waals surface area contributed by atoms with Crippen molar-refractivity contribution in [1.29, 1.82) is 0 Å². The molecule has 2 rings (SSSR count). The summed E-state index contributed by atoms with van der Waals surface area (Å²) in [5, 5.41) is 14.1. The van der Waals surface area contributed by atoms with E-state index in [0.29, 0.717) is 6.42 Å². The molecule has 16 heavy (non-hydrogen) atoms. The molecule has 0 saturated heterocycles. The van der Waals surface area contributed by atoms with E-state index in [1.807, 2.05) is 26.1 Å². The van der Waals surface area contributed by atoms with Crippen molar-refractivity contribution in [1.82, 2.24) is 9.78 Å². The van der Waals surface area contributed by atoms with Gasteiger partial charge in [0.1, 0.15) is 0 Å². The Morgan fingerprint density at radius 3 is 2.94 bits per heavy atom. The van der Waals surface area contributed by atoms with E-state index >= 15 is 0 Å². The van der Waals surface area contributed by atoms with Crippen molar-refractivity contribution in [3.05, 3.63) is 29.5 Å². The molecule has 0 aliphatic carbocycles. The van der Waals surface area contributed by atoms with Crippen LogP contribution in [0.15, 0.2) is 18.2 Å². The molecule has 1 heterocycles. The summed E-state index contributed by atoms with van der Waals surface area (Å²) in [6, 6.07) is 6.09. The Morgan fingerprint density at radius 2 is 2.25 bits per heavy atom. The largest absolute Gasteiger partial charge is 0.481 e. The van der Waals surface area contributed by atoms with Gasteiger partial charge >= 0.3 is 5.97 Å². The highest BCUT2D eigenvalue weighted by Crippen LogP contribution is 2.20. The van der Waals surface area contributed by atoms with Crippen molar-refractivity contribution in [2.75, 3.05) is 0 Å². The fourth-order valence-electron chi connectivity index (χ4n) is 1.85. The fraction of sp³-hybridized carbons (Fsp3) is 0.333. The Balaban J connectivity index is 2.43. The van der Waals surface area contributed by atoms with Gasteiger partial charge in [-0.1, -0.05) is 12.1 Å². The molecule has 4 nitrogen and oxygen atoms in total. The molecule has 0 spiro atoms. The monoisotopic (exact) mass is 218 g/mol. The normalized spacial score (nSPS) is 10.9. The number of aliphatic carboxylic acids is 1. The third-order valence-electron chi connectivity index (χ3n) is 2.66. The van der Waals surface area contributed by atoms with Crippen LogP contribution in [-0.2, 0) is 18.3 Å². The Kier molecular flexibility index (Phi) is 2.64. The molecule has 2 aromatic rings. The predicted molar refractivity (Wildman–Crippen MR) is 61.4 cm³/mol. The SMILES string of the molecule is Cc1ccc2c(CCC(=O)O)nn(C)c2c1. The zero-order valence-electron chi connectivity index (χ0n) is 9.40. The highest BCUT2D eigenvalue weighted by Gasteiger charge is 2.09. The summed E-state index contributed by atoms with van der Waals surface area (Å²) < 4.78 is 1.81. The highest BCUT2D eigenvalue weighted by atomic mass is 16.4. The number of aromatic nitrogens is 2. The molecule has 4 heteroatoms. The average molecular weight is 218 g/mol. The number of fused-ring (bicyclic) bond motifs is 1. The van der Waals surface area contributed by atoms with Gasteiger partial charge in [0.2, 0.25) is 0 Å². The maximum atomic E-state index is 10.5. The van der Waals surface area contributed by atoms with Crippen molar-refractivity contribution in [3.8, 4) is 0 Å². The molecule has 1 N–H and O–H groups in total. The maximum Gasteiger partial charge on any atom is 0.303 e. The van der Waals surface area contributed by atoms with Gasteiger partial charge in [0.15, 0.2) is 0 Å². The van der Waals surface area contributed by atoms with Crippen LogP contribution in [0.3, 0.4) is 0 Å². The third kappa shape index (κ3) is 1.91.